The number of rotatable bonds is 5. The lowest BCUT2D eigenvalue weighted by molar-refractivity contribution is 0.0703. The normalized spacial score (nSPS) is 12.4. The quantitative estimate of drug-likeness (QED) is 0.849. The van der Waals surface area contributed by atoms with Crippen molar-refractivity contribution in [2.24, 2.45) is 0 Å². The third-order valence-corrected chi connectivity index (χ3v) is 3.17. The van der Waals surface area contributed by atoms with Crippen LogP contribution in [0.2, 0.25) is 0 Å². The van der Waals surface area contributed by atoms with E-state index in [1.54, 1.807) is 30.6 Å². The van der Waals surface area contributed by atoms with Gasteiger partial charge in [0, 0.05) is 24.5 Å². The molecule has 0 unspecified atom stereocenters. The summed E-state index contributed by atoms with van der Waals surface area (Å²) >= 11 is 0. The number of H-pyrrole nitrogens is 1. The number of carbonyl (C=O) groups is 1. The number of fused-ring (bicyclic) bond motifs is 1. The average Bonchev–Trinajstić information content (AvgIpc) is 3.16. The third-order valence-electron chi connectivity index (χ3n) is 3.17. The van der Waals surface area contributed by atoms with Gasteiger partial charge in [0.25, 0.3) is 5.91 Å². The molecule has 1 aliphatic heterocycles. The summed E-state index contributed by atoms with van der Waals surface area (Å²) in [7, 11) is 0. The zero-order valence-corrected chi connectivity index (χ0v) is 11.3. The first-order chi connectivity index (χ1) is 10.3. The molecule has 110 valence electrons. The largest absolute Gasteiger partial charge is 0.454 e. The molecule has 1 aliphatic rings. The molecule has 3 rings (SSSR count). The summed E-state index contributed by atoms with van der Waals surface area (Å²) in [6, 6.07) is 5.04. The van der Waals surface area contributed by atoms with Crippen LogP contribution in [-0.2, 0) is 6.54 Å². The predicted octanol–water partition coefficient (Wildman–Crippen LogP) is 0.773. The van der Waals surface area contributed by atoms with Crippen molar-refractivity contribution in [3.63, 3.8) is 0 Å². The average molecular weight is 289 g/mol. The maximum Gasteiger partial charge on any atom is 0.254 e. The predicted molar refractivity (Wildman–Crippen MR) is 73.0 cm³/mol. The van der Waals surface area contributed by atoms with Crippen LogP contribution in [0.25, 0.3) is 0 Å². The minimum absolute atomic E-state index is 0.114. The molecule has 0 radical (unpaired) electrons. The van der Waals surface area contributed by atoms with E-state index in [4.69, 9.17) is 14.6 Å². The van der Waals surface area contributed by atoms with E-state index in [1.165, 1.54) is 4.90 Å². The molecule has 0 atom stereocenters. The van der Waals surface area contributed by atoms with Gasteiger partial charge in [-0.05, 0) is 18.2 Å². The van der Waals surface area contributed by atoms with E-state index in [2.05, 4.69) is 9.97 Å². The molecular weight excluding hydrogens is 274 g/mol. The SMILES string of the molecule is O=C(c1ccc2c(c1)OCO2)N(CCO)Cc1ncc[nH]1. The van der Waals surface area contributed by atoms with Gasteiger partial charge in [-0.15, -0.1) is 0 Å². The molecule has 2 aromatic rings. The first-order valence-electron chi connectivity index (χ1n) is 6.56. The minimum atomic E-state index is -0.196. The maximum atomic E-state index is 12.5. The molecular formula is C14H15N3O4. The molecule has 0 saturated carbocycles. The molecule has 0 bridgehead atoms. The Morgan fingerprint density at radius 3 is 3.00 bits per heavy atom. The number of imidazole rings is 1. The molecule has 1 amide bonds. The molecule has 0 aliphatic carbocycles. The van der Waals surface area contributed by atoms with Crippen molar-refractivity contribution in [2.45, 2.75) is 6.54 Å². The van der Waals surface area contributed by atoms with Crippen molar-refractivity contribution < 1.29 is 19.4 Å². The fourth-order valence-electron chi connectivity index (χ4n) is 2.15. The monoisotopic (exact) mass is 289 g/mol. The van der Waals surface area contributed by atoms with Crippen LogP contribution in [0.4, 0.5) is 0 Å². The van der Waals surface area contributed by atoms with Gasteiger partial charge in [0.1, 0.15) is 5.82 Å². The van der Waals surface area contributed by atoms with Gasteiger partial charge in [-0.3, -0.25) is 4.79 Å². The lowest BCUT2D eigenvalue weighted by atomic mass is 10.1. The van der Waals surface area contributed by atoms with Gasteiger partial charge in [0.15, 0.2) is 11.5 Å². The number of aromatic amines is 1. The van der Waals surface area contributed by atoms with E-state index >= 15 is 0 Å². The van der Waals surface area contributed by atoms with Gasteiger partial charge < -0.3 is 24.5 Å². The van der Waals surface area contributed by atoms with Crippen LogP contribution in [0.1, 0.15) is 16.2 Å². The summed E-state index contributed by atoms with van der Waals surface area (Å²) in [4.78, 5) is 21.1. The minimum Gasteiger partial charge on any atom is -0.454 e. The zero-order chi connectivity index (χ0) is 14.7. The summed E-state index contributed by atoms with van der Waals surface area (Å²) in [5.74, 6) is 1.66. The van der Waals surface area contributed by atoms with Crippen LogP contribution < -0.4 is 9.47 Å². The number of aliphatic hydroxyl groups excluding tert-OH is 1. The number of aromatic nitrogens is 2. The Morgan fingerprint density at radius 1 is 1.38 bits per heavy atom. The second-order valence-corrected chi connectivity index (χ2v) is 4.55. The van der Waals surface area contributed by atoms with Crippen molar-refractivity contribution in [3.05, 3.63) is 42.0 Å². The van der Waals surface area contributed by atoms with Crippen molar-refractivity contribution in [1.82, 2.24) is 14.9 Å². The Morgan fingerprint density at radius 2 is 2.24 bits per heavy atom. The fourth-order valence-corrected chi connectivity index (χ4v) is 2.15. The van der Waals surface area contributed by atoms with Gasteiger partial charge in [-0.25, -0.2) is 4.98 Å². The maximum absolute atomic E-state index is 12.5. The smallest absolute Gasteiger partial charge is 0.254 e. The molecule has 2 N–H and O–H groups in total. The standard InChI is InChI=1S/C14H15N3O4/c18-6-5-17(8-13-15-3-4-16-13)14(19)10-1-2-11-12(7-10)21-9-20-11/h1-4,7,18H,5-6,8-9H2,(H,15,16). The lowest BCUT2D eigenvalue weighted by Crippen LogP contribution is -2.33. The van der Waals surface area contributed by atoms with Crippen molar-refractivity contribution >= 4 is 5.91 Å². The molecule has 21 heavy (non-hydrogen) atoms. The summed E-state index contributed by atoms with van der Waals surface area (Å²) in [5.41, 5.74) is 0.485. The topological polar surface area (TPSA) is 87.7 Å². The van der Waals surface area contributed by atoms with Crippen LogP contribution in [0.15, 0.2) is 30.6 Å². The number of ether oxygens (including phenoxy) is 2. The first kappa shape index (κ1) is 13.4. The summed E-state index contributed by atoms with van der Waals surface area (Å²) in [5, 5.41) is 9.15. The molecule has 0 fully saturated rings. The fraction of sp³-hybridized carbons (Fsp3) is 0.286. The Balaban J connectivity index is 1.80. The van der Waals surface area contributed by atoms with Crippen molar-refractivity contribution in [2.75, 3.05) is 19.9 Å². The number of nitrogens with one attached hydrogen (secondary N) is 1. The summed E-state index contributed by atoms with van der Waals surface area (Å²) in [6.45, 7) is 0.589. The second-order valence-electron chi connectivity index (χ2n) is 4.55. The van der Waals surface area contributed by atoms with Gasteiger partial charge in [0.05, 0.1) is 13.2 Å². The van der Waals surface area contributed by atoms with Crippen molar-refractivity contribution in [1.29, 1.82) is 0 Å². The Kier molecular flexibility index (Phi) is 3.74. The van der Waals surface area contributed by atoms with E-state index in [0.717, 1.165) is 0 Å². The van der Waals surface area contributed by atoms with Gasteiger partial charge in [0.2, 0.25) is 6.79 Å². The third kappa shape index (κ3) is 2.82. The van der Waals surface area contributed by atoms with Crippen LogP contribution in [-0.4, -0.2) is 45.8 Å². The van der Waals surface area contributed by atoms with Crippen LogP contribution in [0.3, 0.4) is 0 Å². The summed E-state index contributed by atoms with van der Waals surface area (Å²) in [6.07, 6.45) is 3.31. The highest BCUT2D eigenvalue weighted by atomic mass is 16.7. The molecule has 7 nitrogen and oxygen atoms in total. The number of hydrogen-bond donors (Lipinski definition) is 2. The molecule has 1 aromatic carbocycles. The molecule has 0 saturated heterocycles. The Hall–Kier alpha value is -2.54. The number of benzene rings is 1. The van der Waals surface area contributed by atoms with E-state index in [0.29, 0.717) is 29.4 Å². The van der Waals surface area contributed by atoms with Crippen LogP contribution >= 0.6 is 0 Å². The number of carbonyl (C=O) groups excluding carboxylic acids is 1. The highest BCUT2D eigenvalue weighted by molar-refractivity contribution is 5.95. The Bertz CT molecular complexity index is 627. The van der Waals surface area contributed by atoms with Gasteiger partial charge in [-0.2, -0.15) is 0 Å². The molecule has 7 heteroatoms. The number of hydrogen-bond acceptors (Lipinski definition) is 5. The van der Waals surface area contributed by atoms with Crippen LogP contribution in [0, 0.1) is 0 Å². The van der Waals surface area contributed by atoms with Gasteiger partial charge in [-0.1, -0.05) is 0 Å². The second kappa shape index (κ2) is 5.84. The van der Waals surface area contributed by atoms with Crippen molar-refractivity contribution in [3.8, 4) is 11.5 Å². The molecule has 1 aromatic heterocycles. The number of amides is 1. The van der Waals surface area contributed by atoms with Gasteiger partial charge >= 0.3 is 0 Å². The van der Waals surface area contributed by atoms with E-state index in [1.807, 2.05) is 0 Å². The first-order valence-corrected chi connectivity index (χ1v) is 6.56. The van der Waals surface area contributed by atoms with E-state index in [9.17, 15) is 4.79 Å². The van der Waals surface area contributed by atoms with E-state index in [-0.39, 0.29) is 25.9 Å². The highest BCUT2D eigenvalue weighted by Crippen LogP contribution is 2.32. The van der Waals surface area contributed by atoms with Crippen LogP contribution in [0.5, 0.6) is 11.5 Å². The zero-order valence-electron chi connectivity index (χ0n) is 11.3. The Labute approximate surface area is 121 Å². The number of nitrogens with zero attached hydrogens (tertiary/aromatic N) is 2. The van der Waals surface area contributed by atoms with E-state index < -0.39 is 0 Å². The lowest BCUT2D eigenvalue weighted by Gasteiger charge is -2.20. The molecule has 0 spiro atoms. The summed E-state index contributed by atoms with van der Waals surface area (Å²) < 4.78 is 10.5. The molecule has 2 heterocycles. The highest BCUT2D eigenvalue weighted by Gasteiger charge is 2.20. The number of aliphatic hydroxyl groups is 1.